The summed E-state index contributed by atoms with van der Waals surface area (Å²) >= 11 is 6.15. The summed E-state index contributed by atoms with van der Waals surface area (Å²) in [5, 5.41) is 15.0. The van der Waals surface area contributed by atoms with Crippen molar-refractivity contribution in [3.8, 4) is 0 Å². The van der Waals surface area contributed by atoms with Crippen LogP contribution in [0.3, 0.4) is 0 Å². The van der Waals surface area contributed by atoms with E-state index in [1.165, 1.54) is 0 Å². The summed E-state index contributed by atoms with van der Waals surface area (Å²) in [4.78, 5) is 0. The third-order valence-electron chi connectivity index (χ3n) is 3.33. The monoisotopic (exact) mass is 258 g/mol. The summed E-state index contributed by atoms with van der Waals surface area (Å²) in [5.74, 6) is 0. The van der Waals surface area contributed by atoms with Crippen LogP contribution in [-0.4, -0.2) is 33.7 Å². The van der Waals surface area contributed by atoms with Gasteiger partial charge >= 0.3 is 0 Å². The van der Waals surface area contributed by atoms with Crippen LogP contribution in [-0.2, 0) is 18.2 Å². The quantitative estimate of drug-likeness (QED) is 0.900. The van der Waals surface area contributed by atoms with Crippen molar-refractivity contribution in [3.63, 3.8) is 0 Å². The minimum atomic E-state index is -0.490. The first-order chi connectivity index (χ1) is 8.09. The third-order valence-corrected chi connectivity index (χ3v) is 3.80. The highest BCUT2D eigenvalue weighted by molar-refractivity contribution is 6.30. The molecule has 1 aromatic heterocycles. The molecule has 0 amide bonds. The molecule has 0 aliphatic carbocycles. The van der Waals surface area contributed by atoms with Crippen molar-refractivity contribution < 1.29 is 9.84 Å². The third kappa shape index (κ3) is 2.81. The van der Waals surface area contributed by atoms with E-state index in [-0.39, 0.29) is 6.10 Å². The normalized spacial score (nSPS) is 22.7. The fourth-order valence-corrected chi connectivity index (χ4v) is 2.57. The molecule has 0 bridgehead atoms. The van der Waals surface area contributed by atoms with E-state index in [0.29, 0.717) is 11.6 Å². The molecule has 4 nitrogen and oxygen atoms in total. The molecule has 2 atom stereocenters. The second-order valence-corrected chi connectivity index (χ2v) is 5.01. The molecule has 1 aromatic rings. The molecule has 5 heteroatoms. The number of aromatic nitrogens is 2. The largest absolute Gasteiger partial charge is 0.390 e. The van der Waals surface area contributed by atoms with Crippen LogP contribution < -0.4 is 0 Å². The van der Waals surface area contributed by atoms with E-state index in [9.17, 15) is 5.11 Å². The van der Waals surface area contributed by atoms with E-state index in [2.05, 4.69) is 5.10 Å². The highest BCUT2D eigenvalue weighted by Gasteiger charge is 2.25. The van der Waals surface area contributed by atoms with Gasteiger partial charge in [-0.25, -0.2) is 0 Å². The van der Waals surface area contributed by atoms with Crippen molar-refractivity contribution in [3.05, 3.63) is 16.4 Å². The topological polar surface area (TPSA) is 47.3 Å². The molecule has 0 spiro atoms. The maximum atomic E-state index is 10.2. The van der Waals surface area contributed by atoms with Crippen LogP contribution >= 0.6 is 11.6 Å². The van der Waals surface area contributed by atoms with Gasteiger partial charge in [0.1, 0.15) is 5.15 Å². The predicted octanol–water partition coefficient (Wildman–Crippen LogP) is 1.85. The van der Waals surface area contributed by atoms with Gasteiger partial charge in [-0.1, -0.05) is 11.6 Å². The number of hydrogen-bond acceptors (Lipinski definition) is 3. The molecule has 0 saturated carbocycles. The molecular formula is C12H19ClN2O2. The van der Waals surface area contributed by atoms with Crippen LogP contribution in [0, 0.1) is 6.92 Å². The van der Waals surface area contributed by atoms with Gasteiger partial charge in [-0.15, -0.1) is 0 Å². The van der Waals surface area contributed by atoms with Gasteiger partial charge in [0.05, 0.1) is 17.9 Å². The number of halogens is 1. The zero-order valence-electron chi connectivity index (χ0n) is 10.3. The van der Waals surface area contributed by atoms with E-state index in [0.717, 1.165) is 37.1 Å². The summed E-state index contributed by atoms with van der Waals surface area (Å²) in [6.45, 7) is 2.66. The minimum Gasteiger partial charge on any atom is -0.390 e. The van der Waals surface area contributed by atoms with Crippen molar-refractivity contribution >= 4 is 11.6 Å². The Kier molecular flexibility index (Phi) is 4.07. The molecule has 1 aliphatic heterocycles. The molecule has 1 fully saturated rings. The average Bonchev–Trinajstić information content (AvgIpc) is 2.57. The first kappa shape index (κ1) is 12.9. The van der Waals surface area contributed by atoms with E-state index in [1.807, 2.05) is 14.0 Å². The fourth-order valence-electron chi connectivity index (χ4n) is 2.32. The molecule has 0 aromatic carbocycles. The van der Waals surface area contributed by atoms with Gasteiger partial charge in [-0.2, -0.15) is 5.10 Å². The Morgan fingerprint density at radius 1 is 1.59 bits per heavy atom. The van der Waals surface area contributed by atoms with Crippen LogP contribution in [0.1, 0.15) is 30.5 Å². The Morgan fingerprint density at radius 2 is 2.35 bits per heavy atom. The van der Waals surface area contributed by atoms with Crippen LogP contribution in [0.5, 0.6) is 0 Å². The summed E-state index contributed by atoms with van der Waals surface area (Å²) < 4.78 is 7.22. The molecule has 0 radical (unpaired) electrons. The average molecular weight is 259 g/mol. The smallest absolute Gasteiger partial charge is 0.130 e. The molecule has 1 aliphatic rings. The van der Waals surface area contributed by atoms with Crippen LogP contribution in [0.25, 0.3) is 0 Å². The van der Waals surface area contributed by atoms with E-state index in [4.69, 9.17) is 16.3 Å². The zero-order valence-corrected chi connectivity index (χ0v) is 11.1. The molecular weight excluding hydrogens is 240 g/mol. The lowest BCUT2D eigenvalue weighted by atomic mass is 9.99. The molecule has 2 heterocycles. The summed E-state index contributed by atoms with van der Waals surface area (Å²) in [5.41, 5.74) is 1.81. The molecule has 2 unspecified atom stereocenters. The number of aryl methyl sites for hydroxylation is 2. The van der Waals surface area contributed by atoms with Crippen LogP contribution in [0.4, 0.5) is 0 Å². The van der Waals surface area contributed by atoms with Gasteiger partial charge in [0.2, 0.25) is 0 Å². The lowest BCUT2D eigenvalue weighted by molar-refractivity contribution is -0.0611. The summed E-state index contributed by atoms with van der Waals surface area (Å²) in [6, 6.07) is 0. The van der Waals surface area contributed by atoms with Gasteiger partial charge in [-0.05, 0) is 26.2 Å². The molecule has 1 saturated heterocycles. The first-order valence-corrected chi connectivity index (χ1v) is 6.45. The summed E-state index contributed by atoms with van der Waals surface area (Å²) in [7, 11) is 1.81. The van der Waals surface area contributed by atoms with E-state index in [1.54, 1.807) is 4.68 Å². The first-order valence-electron chi connectivity index (χ1n) is 6.07. The van der Waals surface area contributed by atoms with Crippen molar-refractivity contribution in [2.24, 2.45) is 7.05 Å². The van der Waals surface area contributed by atoms with Gasteiger partial charge in [0.25, 0.3) is 0 Å². The van der Waals surface area contributed by atoms with Gasteiger partial charge in [0, 0.05) is 25.6 Å². The minimum absolute atomic E-state index is 0.0561. The van der Waals surface area contributed by atoms with Gasteiger partial charge in [0.15, 0.2) is 0 Å². The van der Waals surface area contributed by atoms with Crippen molar-refractivity contribution in [2.75, 3.05) is 6.61 Å². The number of aliphatic hydroxyl groups excluding tert-OH is 1. The van der Waals surface area contributed by atoms with Crippen LogP contribution in [0.15, 0.2) is 0 Å². The van der Waals surface area contributed by atoms with Gasteiger partial charge in [-0.3, -0.25) is 4.68 Å². The van der Waals surface area contributed by atoms with Crippen molar-refractivity contribution in [2.45, 2.75) is 44.8 Å². The SMILES string of the molecule is Cc1nn(C)c(Cl)c1CC(O)C1CCCCO1. The number of rotatable bonds is 3. The van der Waals surface area contributed by atoms with Crippen molar-refractivity contribution in [1.82, 2.24) is 9.78 Å². The lowest BCUT2D eigenvalue weighted by Crippen LogP contribution is -2.33. The Balaban J connectivity index is 2.04. The summed E-state index contributed by atoms with van der Waals surface area (Å²) in [6.07, 6.45) is 3.12. The zero-order chi connectivity index (χ0) is 12.4. The highest BCUT2D eigenvalue weighted by atomic mass is 35.5. The lowest BCUT2D eigenvalue weighted by Gasteiger charge is -2.27. The maximum absolute atomic E-state index is 10.2. The predicted molar refractivity (Wildman–Crippen MR) is 66.3 cm³/mol. The Morgan fingerprint density at radius 3 is 2.88 bits per heavy atom. The Hall–Kier alpha value is -0.580. The second kappa shape index (κ2) is 5.38. The number of hydrogen-bond donors (Lipinski definition) is 1. The molecule has 17 heavy (non-hydrogen) atoms. The fraction of sp³-hybridized carbons (Fsp3) is 0.750. The number of ether oxygens (including phenoxy) is 1. The van der Waals surface area contributed by atoms with Crippen molar-refractivity contribution in [1.29, 1.82) is 0 Å². The standard InChI is InChI=1S/C12H19ClN2O2/c1-8-9(12(13)15(2)14-8)7-10(16)11-5-3-4-6-17-11/h10-11,16H,3-7H2,1-2H3. The van der Waals surface area contributed by atoms with E-state index >= 15 is 0 Å². The molecule has 96 valence electrons. The highest BCUT2D eigenvalue weighted by Crippen LogP contribution is 2.24. The molecule has 1 N–H and O–H groups in total. The second-order valence-electron chi connectivity index (χ2n) is 4.65. The maximum Gasteiger partial charge on any atom is 0.130 e. The number of nitrogens with zero attached hydrogens (tertiary/aromatic N) is 2. The Bertz CT molecular complexity index is 386. The van der Waals surface area contributed by atoms with Gasteiger partial charge < -0.3 is 9.84 Å². The Labute approximate surface area is 107 Å². The van der Waals surface area contributed by atoms with E-state index < -0.39 is 6.10 Å². The van der Waals surface area contributed by atoms with Crippen LogP contribution in [0.2, 0.25) is 5.15 Å². The number of aliphatic hydroxyl groups is 1. The molecule has 2 rings (SSSR count).